The highest BCUT2D eigenvalue weighted by Crippen LogP contribution is 2.14. The van der Waals surface area contributed by atoms with Crippen molar-refractivity contribution in [3.63, 3.8) is 0 Å². The summed E-state index contributed by atoms with van der Waals surface area (Å²) < 4.78 is 5.91. The molecule has 2 heteroatoms. The van der Waals surface area contributed by atoms with Gasteiger partial charge in [-0.25, -0.2) is 0 Å². The van der Waals surface area contributed by atoms with Crippen molar-refractivity contribution in [1.29, 1.82) is 0 Å². The smallest absolute Gasteiger partial charge is 0.0723 e. The highest BCUT2D eigenvalue weighted by atomic mass is 16.5. The molecule has 0 spiro atoms. The van der Waals surface area contributed by atoms with Crippen LogP contribution < -0.4 is 5.32 Å². The van der Waals surface area contributed by atoms with E-state index < -0.39 is 0 Å². The Bertz CT molecular complexity index is 368. The minimum Gasteiger partial charge on any atom is -0.374 e. The summed E-state index contributed by atoms with van der Waals surface area (Å²) in [4.78, 5) is 0. The third-order valence-corrected chi connectivity index (χ3v) is 3.15. The molecule has 1 aromatic carbocycles. The molecule has 0 saturated carbocycles. The topological polar surface area (TPSA) is 21.3 Å². The second-order valence-corrected chi connectivity index (χ2v) is 6.28. The molecule has 0 aliphatic rings. The van der Waals surface area contributed by atoms with Crippen LogP contribution >= 0.6 is 0 Å². The second-order valence-electron chi connectivity index (χ2n) is 6.28. The van der Waals surface area contributed by atoms with E-state index >= 15 is 0 Å². The second kappa shape index (κ2) is 7.66. The molecule has 0 aliphatic carbocycles. The monoisotopic (exact) mass is 263 g/mol. The first-order valence-corrected chi connectivity index (χ1v) is 7.36. The fraction of sp³-hybridized carbons (Fsp3) is 0.647. The third kappa shape index (κ3) is 6.74. The average Bonchev–Trinajstić information content (AvgIpc) is 2.34. The maximum absolute atomic E-state index is 5.91. The molecule has 1 aromatic rings. The molecule has 1 N–H and O–H groups in total. The summed E-state index contributed by atoms with van der Waals surface area (Å²) >= 11 is 0. The Labute approximate surface area is 118 Å². The average molecular weight is 263 g/mol. The van der Waals surface area contributed by atoms with Gasteiger partial charge in [-0.1, -0.05) is 37.6 Å². The Morgan fingerprint density at radius 1 is 1.16 bits per heavy atom. The molecular formula is C17H29NO. The van der Waals surface area contributed by atoms with Crippen LogP contribution in [0, 0.1) is 0 Å². The van der Waals surface area contributed by atoms with Crippen molar-refractivity contribution in [2.24, 2.45) is 0 Å². The van der Waals surface area contributed by atoms with Gasteiger partial charge in [0.2, 0.25) is 0 Å². The zero-order chi connectivity index (χ0) is 14.3. The van der Waals surface area contributed by atoms with Gasteiger partial charge in [0.1, 0.15) is 0 Å². The third-order valence-electron chi connectivity index (χ3n) is 3.15. The minimum atomic E-state index is 0.142. The molecule has 0 bridgehead atoms. The predicted molar refractivity (Wildman–Crippen MR) is 82.2 cm³/mol. The van der Waals surface area contributed by atoms with Gasteiger partial charge in [0.15, 0.2) is 0 Å². The van der Waals surface area contributed by atoms with Crippen LogP contribution in [0.15, 0.2) is 24.3 Å². The Balaban J connectivity index is 2.57. The fourth-order valence-electron chi connectivity index (χ4n) is 1.95. The highest BCUT2D eigenvalue weighted by Gasteiger charge is 2.10. The minimum absolute atomic E-state index is 0.142. The van der Waals surface area contributed by atoms with Crippen LogP contribution in [0.3, 0.4) is 0 Å². The fourth-order valence-corrected chi connectivity index (χ4v) is 1.95. The van der Waals surface area contributed by atoms with E-state index in [1.807, 2.05) is 0 Å². The number of hydrogen-bond acceptors (Lipinski definition) is 2. The highest BCUT2D eigenvalue weighted by molar-refractivity contribution is 5.26. The maximum Gasteiger partial charge on any atom is 0.0723 e. The predicted octanol–water partition coefficient (Wildman–Crippen LogP) is 4.28. The van der Waals surface area contributed by atoms with E-state index in [2.05, 4.69) is 64.2 Å². The molecule has 0 saturated heterocycles. The first-order chi connectivity index (χ1) is 8.92. The first-order valence-electron chi connectivity index (χ1n) is 7.36. The summed E-state index contributed by atoms with van der Waals surface area (Å²) in [5.74, 6) is 0. The maximum atomic E-state index is 5.91. The van der Waals surface area contributed by atoms with Crippen LogP contribution in [0.5, 0.6) is 0 Å². The van der Waals surface area contributed by atoms with Crippen molar-refractivity contribution >= 4 is 0 Å². The molecule has 0 aliphatic heterocycles. The molecule has 1 unspecified atom stereocenters. The van der Waals surface area contributed by atoms with Crippen molar-refractivity contribution in [2.75, 3.05) is 0 Å². The molecular weight excluding hydrogens is 234 g/mol. The van der Waals surface area contributed by atoms with Gasteiger partial charge in [-0.3, -0.25) is 0 Å². The number of benzene rings is 1. The number of ether oxygens (including phenoxy) is 1. The zero-order valence-corrected chi connectivity index (χ0v) is 13.1. The molecule has 1 rings (SSSR count). The summed E-state index contributed by atoms with van der Waals surface area (Å²) in [5, 5.41) is 3.54. The van der Waals surface area contributed by atoms with E-state index in [0.29, 0.717) is 12.7 Å². The first kappa shape index (κ1) is 16.2. The van der Waals surface area contributed by atoms with Crippen molar-refractivity contribution in [3.8, 4) is 0 Å². The normalized spacial score (nSPS) is 13.5. The number of nitrogens with one attached hydrogen (secondary N) is 1. The molecule has 0 heterocycles. The van der Waals surface area contributed by atoms with E-state index in [1.54, 1.807) is 0 Å². The van der Waals surface area contributed by atoms with Crippen molar-refractivity contribution in [1.82, 2.24) is 5.32 Å². The molecule has 0 fully saturated rings. The van der Waals surface area contributed by atoms with Gasteiger partial charge in [-0.05, 0) is 45.2 Å². The number of rotatable bonds is 7. The van der Waals surface area contributed by atoms with E-state index in [4.69, 9.17) is 4.74 Å². The van der Waals surface area contributed by atoms with Gasteiger partial charge in [-0.2, -0.15) is 0 Å². The zero-order valence-electron chi connectivity index (χ0n) is 13.1. The largest absolute Gasteiger partial charge is 0.374 e. The lowest BCUT2D eigenvalue weighted by atomic mass is 10.1. The number of hydrogen-bond donors (Lipinski definition) is 1. The Morgan fingerprint density at radius 2 is 1.79 bits per heavy atom. The van der Waals surface area contributed by atoms with E-state index in [-0.39, 0.29) is 5.54 Å². The van der Waals surface area contributed by atoms with E-state index in [9.17, 15) is 0 Å². The molecule has 19 heavy (non-hydrogen) atoms. The van der Waals surface area contributed by atoms with Crippen molar-refractivity contribution in [3.05, 3.63) is 35.4 Å². The van der Waals surface area contributed by atoms with Gasteiger partial charge in [-0.15, -0.1) is 0 Å². The van der Waals surface area contributed by atoms with Crippen molar-refractivity contribution in [2.45, 2.75) is 72.3 Å². The van der Waals surface area contributed by atoms with Gasteiger partial charge < -0.3 is 10.1 Å². The standard InChI is InChI=1S/C17H29NO/c1-6-9-14(2)19-13-16-11-8-7-10-15(16)12-18-17(3,4)5/h7-8,10-11,14,18H,6,9,12-13H2,1-5H3. The Hall–Kier alpha value is -0.860. The summed E-state index contributed by atoms with van der Waals surface area (Å²) in [6, 6.07) is 8.53. The lowest BCUT2D eigenvalue weighted by molar-refractivity contribution is 0.0467. The molecule has 0 amide bonds. The summed E-state index contributed by atoms with van der Waals surface area (Å²) in [6.07, 6.45) is 2.64. The van der Waals surface area contributed by atoms with Gasteiger partial charge in [0.05, 0.1) is 12.7 Å². The van der Waals surface area contributed by atoms with Crippen LogP contribution in [0.2, 0.25) is 0 Å². The van der Waals surface area contributed by atoms with Crippen molar-refractivity contribution < 1.29 is 4.74 Å². The SMILES string of the molecule is CCCC(C)OCc1ccccc1CNC(C)(C)C. The summed E-state index contributed by atoms with van der Waals surface area (Å²) in [6.45, 7) is 12.5. The summed E-state index contributed by atoms with van der Waals surface area (Å²) in [7, 11) is 0. The van der Waals surface area contributed by atoms with Gasteiger partial charge >= 0.3 is 0 Å². The van der Waals surface area contributed by atoms with Crippen LogP contribution in [-0.4, -0.2) is 11.6 Å². The lowest BCUT2D eigenvalue weighted by Crippen LogP contribution is -2.35. The Morgan fingerprint density at radius 3 is 2.37 bits per heavy atom. The Kier molecular flexibility index (Phi) is 6.53. The van der Waals surface area contributed by atoms with E-state index in [1.165, 1.54) is 17.5 Å². The van der Waals surface area contributed by atoms with Crippen LogP contribution in [0.1, 0.15) is 58.6 Å². The molecule has 1 atom stereocenters. The van der Waals surface area contributed by atoms with Gasteiger partial charge in [0.25, 0.3) is 0 Å². The van der Waals surface area contributed by atoms with E-state index in [0.717, 1.165) is 13.0 Å². The molecule has 108 valence electrons. The molecule has 0 aromatic heterocycles. The molecule has 2 nitrogen and oxygen atoms in total. The quantitative estimate of drug-likeness (QED) is 0.793. The van der Waals surface area contributed by atoms with Gasteiger partial charge in [0, 0.05) is 12.1 Å². The summed E-state index contributed by atoms with van der Waals surface area (Å²) in [5.41, 5.74) is 2.77. The molecule has 0 radical (unpaired) electrons. The van der Waals surface area contributed by atoms with Crippen LogP contribution in [-0.2, 0) is 17.9 Å². The van der Waals surface area contributed by atoms with Crippen LogP contribution in [0.25, 0.3) is 0 Å². The lowest BCUT2D eigenvalue weighted by Gasteiger charge is -2.22. The van der Waals surface area contributed by atoms with Crippen LogP contribution in [0.4, 0.5) is 0 Å².